The number of carbonyl (C=O) groups is 2. The van der Waals surface area contributed by atoms with Crippen molar-refractivity contribution in [3.8, 4) is 5.75 Å². The van der Waals surface area contributed by atoms with Crippen molar-refractivity contribution in [1.82, 2.24) is 5.32 Å². The second-order valence-corrected chi connectivity index (χ2v) is 5.61. The maximum absolute atomic E-state index is 11.9. The van der Waals surface area contributed by atoms with Gasteiger partial charge in [0.05, 0.1) is 0 Å². The first-order valence-electron chi connectivity index (χ1n) is 7.38. The van der Waals surface area contributed by atoms with Crippen LogP contribution in [0.5, 0.6) is 5.75 Å². The van der Waals surface area contributed by atoms with E-state index in [4.69, 9.17) is 10.5 Å². The fraction of sp³-hybridized carbons (Fsp3) is 0.500. The molecule has 114 valence electrons. The number of hydrogen-bond acceptors (Lipinski definition) is 3. The molecular formula is C16H22N2O3. The maximum atomic E-state index is 11.9. The van der Waals surface area contributed by atoms with E-state index in [0.29, 0.717) is 17.2 Å². The zero-order chi connectivity index (χ0) is 15.2. The van der Waals surface area contributed by atoms with Crippen LogP contribution >= 0.6 is 0 Å². The van der Waals surface area contributed by atoms with Gasteiger partial charge in [0.15, 0.2) is 6.61 Å². The monoisotopic (exact) mass is 290 g/mol. The highest BCUT2D eigenvalue weighted by Gasteiger charge is 2.22. The van der Waals surface area contributed by atoms with Gasteiger partial charge in [0.2, 0.25) is 5.91 Å². The molecule has 1 aliphatic rings. The van der Waals surface area contributed by atoms with Gasteiger partial charge in [0.25, 0.3) is 5.91 Å². The van der Waals surface area contributed by atoms with Gasteiger partial charge >= 0.3 is 0 Å². The van der Waals surface area contributed by atoms with E-state index in [1.807, 2.05) is 0 Å². The summed E-state index contributed by atoms with van der Waals surface area (Å²) in [6.07, 6.45) is 4.63. The standard InChI is InChI=1S/C16H22N2O3/c1-11-4-2-3-5-14(11)18-15(19)10-21-13-8-6-12(7-9-13)16(17)20/h6-9,11,14H,2-5,10H2,1H3,(H2,17,20)(H,18,19)/t11-,14-/m1/s1. The summed E-state index contributed by atoms with van der Waals surface area (Å²) in [6, 6.07) is 6.69. The van der Waals surface area contributed by atoms with Gasteiger partial charge < -0.3 is 15.8 Å². The first kappa shape index (κ1) is 15.4. The summed E-state index contributed by atoms with van der Waals surface area (Å²) in [5, 5.41) is 3.03. The Balaban J connectivity index is 1.79. The highest BCUT2D eigenvalue weighted by atomic mass is 16.5. The smallest absolute Gasteiger partial charge is 0.258 e. The number of nitrogens with one attached hydrogen (secondary N) is 1. The first-order chi connectivity index (χ1) is 10.1. The first-order valence-corrected chi connectivity index (χ1v) is 7.38. The van der Waals surface area contributed by atoms with Crippen LogP contribution in [0.1, 0.15) is 43.0 Å². The second kappa shape index (κ2) is 7.11. The molecule has 1 fully saturated rings. The van der Waals surface area contributed by atoms with Crippen LogP contribution in [0, 0.1) is 5.92 Å². The Labute approximate surface area is 124 Å². The van der Waals surface area contributed by atoms with E-state index in [1.165, 1.54) is 19.3 Å². The molecule has 0 aliphatic heterocycles. The summed E-state index contributed by atoms with van der Waals surface area (Å²) in [4.78, 5) is 22.8. The van der Waals surface area contributed by atoms with Gasteiger partial charge in [-0.25, -0.2) is 0 Å². The zero-order valence-corrected chi connectivity index (χ0v) is 12.3. The molecule has 0 radical (unpaired) electrons. The van der Waals surface area contributed by atoms with Crippen LogP contribution in [0.15, 0.2) is 24.3 Å². The molecule has 0 saturated heterocycles. The van der Waals surface area contributed by atoms with Gasteiger partial charge in [-0.1, -0.05) is 19.8 Å². The Hall–Kier alpha value is -2.04. The lowest BCUT2D eigenvalue weighted by Crippen LogP contribution is -2.43. The topological polar surface area (TPSA) is 81.4 Å². The van der Waals surface area contributed by atoms with Crippen molar-refractivity contribution in [3.63, 3.8) is 0 Å². The maximum Gasteiger partial charge on any atom is 0.258 e. The number of primary amides is 1. The number of nitrogens with two attached hydrogens (primary N) is 1. The molecule has 5 heteroatoms. The minimum absolute atomic E-state index is 0.0147. The van der Waals surface area contributed by atoms with E-state index in [-0.39, 0.29) is 18.6 Å². The molecule has 1 saturated carbocycles. The van der Waals surface area contributed by atoms with Crippen molar-refractivity contribution in [2.75, 3.05) is 6.61 Å². The lowest BCUT2D eigenvalue weighted by molar-refractivity contribution is -0.124. The van der Waals surface area contributed by atoms with Crippen LogP contribution < -0.4 is 15.8 Å². The van der Waals surface area contributed by atoms with Gasteiger partial charge in [0.1, 0.15) is 5.75 Å². The summed E-state index contributed by atoms with van der Waals surface area (Å²) < 4.78 is 5.42. The number of benzene rings is 1. The highest BCUT2D eigenvalue weighted by Crippen LogP contribution is 2.23. The molecule has 2 amide bonds. The Morgan fingerprint density at radius 2 is 1.90 bits per heavy atom. The van der Waals surface area contributed by atoms with E-state index in [0.717, 1.165) is 6.42 Å². The molecule has 0 bridgehead atoms. The average Bonchev–Trinajstić information content (AvgIpc) is 2.48. The number of rotatable bonds is 5. The third kappa shape index (κ3) is 4.48. The van der Waals surface area contributed by atoms with Gasteiger partial charge in [-0.3, -0.25) is 9.59 Å². The number of ether oxygens (including phenoxy) is 1. The quantitative estimate of drug-likeness (QED) is 0.868. The Bertz CT molecular complexity index is 499. The predicted octanol–water partition coefficient (Wildman–Crippen LogP) is 1.86. The van der Waals surface area contributed by atoms with Crippen molar-refractivity contribution in [1.29, 1.82) is 0 Å². The van der Waals surface area contributed by atoms with Crippen molar-refractivity contribution < 1.29 is 14.3 Å². The number of hydrogen-bond donors (Lipinski definition) is 2. The zero-order valence-electron chi connectivity index (χ0n) is 12.3. The summed E-state index contributed by atoms with van der Waals surface area (Å²) in [7, 11) is 0. The molecule has 2 atom stereocenters. The number of carbonyl (C=O) groups excluding carboxylic acids is 2. The van der Waals surface area contributed by atoms with E-state index in [9.17, 15) is 9.59 Å². The Morgan fingerprint density at radius 1 is 1.24 bits per heavy atom. The van der Waals surface area contributed by atoms with E-state index >= 15 is 0 Å². The summed E-state index contributed by atoms with van der Waals surface area (Å²) >= 11 is 0. The van der Waals surface area contributed by atoms with Gasteiger partial charge in [-0.15, -0.1) is 0 Å². The van der Waals surface area contributed by atoms with Gasteiger partial charge in [-0.05, 0) is 43.0 Å². The normalized spacial score (nSPS) is 21.6. The van der Waals surface area contributed by atoms with E-state index in [2.05, 4.69) is 12.2 Å². The largest absolute Gasteiger partial charge is 0.484 e. The van der Waals surface area contributed by atoms with Crippen LogP contribution in [-0.4, -0.2) is 24.5 Å². The molecule has 0 unspecified atom stereocenters. The van der Waals surface area contributed by atoms with Crippen LogP contribution in [0.2, 0.25) is 0 Å². The highest BCUT2D eigenvalue weighted by molar-refractivity contribution is 5.92. The van der Waals surface area contributed by atoms with Crippen molar-refractivity contribution in [2.45, 2.75) is 38.6 Å². The minimum Gasteiger partial charge on any atom is -0.484 e. The van der Waals surface area contributed by atoms with Crippen LogP contribution in [0.3, 0.4) is 0 Å². The molecule has 0 spiro atoms. The molecule has 21 heavy (non-hydrogen) atoms. The molecule has 1 aliphatic carbocycles. The Morgan fingerprint density at radius 3 is 2.52 bits per heavy atom. The van der Waals surface area contributed by atoms with Crippen molar-refractivity contribution in [3.05, 3.63) is 29.8 Å². The molecule has 0 heterocycles. The second-order valence-electron chi connectivity index (χ2n) is 5.61. The van der Waals surface area contributed by atoms with Crippen molar-refractivity contribution >= 4 is 11.8 Å². The SMILES string of the molecule is C[C@@H]1CCCC[C@H]1NC(=O)COc1ccc(C(N)=O)cc1. The summed E-state index contributed by atoms with van der Waals surface area (Å²) in [5.41, 5.74) is 5.58. The van der Waals surface area contributed by atoms with Gasteiger partial charge in [0, 0.05) is 11.6 Å². The molecule has 3 N–H and O–H groups in total. The predicted molar refractivity (Wildman–Crippen MR) is 80.0 cm³/mol. The third-order valence-electron chi connectivity index (χ3n) is 3.97. The van der Waals surface area contributed by atoms with E-state index < -0.39 is 5.91 Å². The molecule has 1 aromatic carbocycles. The fourth-order valence-corrected chi connectivity index (χ4v) is 2.64. The summed E-state index contributed by atoms with van der Waals surface area (Å²) in [6.45, 7) is 2.16. The van der Waals surface area contributed by atoms with Crippen LogP contribution in [-0.2, 0) is 4.79 Å². The lowest BCUT2D eigenvalue weighted by atomic mass is 9.86. The molecule has 2 rings (SSSR count). The number of amides is 2. The molecule has 5 nitrogen and oxygen atoms in total. The van der Waals surface area contributed by atoms with Crippen LogP contribution in [0.25, 0.3) is 0 Å². The third-order valence-corrected chi connectivity index (χ3v) is 3.97. The van der Waals surface area contributed by atoms with Crippen molar-refractivity contribution in [2.24, 2.45) is 11.7 Å². The minimum atomic E-state index is -0.481. The van der Waals surface area contributed by atoms with E-state index in [1.54, 1.807) is 24.3 Å². The van der Waals surface area contributed by atoms with Gasteiger partial charge in [-0.2, -0.15) is 0 Å². The summed E-state index contributed by atoms with van der Waals surface area (Å²) in [5.74, 6) is 0.489. The lowest BCUT2D eigenvalue weighted by Gasteiger charge is -2.29. The van der Waals surface area contributed by atoms with Crippen LogP contribution in [0.4, 0.5) is 0 Å². The molecule has 0 aromatic heterocycles. The molecular weight excluding hydrogens is 268 g/mol. The Kier molecular flexibility index (Phi) is 5.20. The molecule has 1 aromatic rings. The average molecular weight is 290 g/mol. The fourth-order valence-electron chi connectivity index (χ4n) is 2.64.